The molecule has 0 aliphatic carbocycles. The third kappa shape index (κ3) is 3.97. The molecule has 0 atom stereocenters. The maximum Gasteiger partial charge on any atom is 0.275 e. The SMILES string of the molecule is O=C(Nc1cccc(C#Cc2ccccn2)c1)c1cnc2ccccc2n1. The first-order valence-electron chi connectivity index (χ1n) is 8.34. The van der Waals surface area contributed by atoms with Gasteiger partial charge in [-0.3, -0.25) is 9.78 Å². The second kappa shape index (κ2) is 7.46. The Balaban J connectivity index is 1.53. The summed E-state index contributed by atoms with van der Waals surface area (Å²) in [6, 6.07) is 20.3. The van der Waals surface area contributed by atoms with Crippen LogP contribution in [0.5, 0.6) is 0 Å². The average Bonchev–Trinajstić information content (AvgIpc) is 2.73. The quantitative estimate of drug-likeness (QED) is 0.560. The molecule has 0 aliphatic rings. The van der Waals surface area contributed by atoms with Crippen molar-refractivity contribution in [3.8, 4) is 11.8 Å². The van der Waals surface area contributed by atoms with E-state index in [1.165, 1.54) is 6.20 Å². The zero-order valence-electron chi connectivity index (χ0n) is 14.3. The molecule has 4 rings (SSSR count). The molecule has 0 unspecified atom stereocenters. The van der Waals surface area contributed by atoms with E-state index in [4.69, 9.17) is 0 Å². The Labute approximate surface area is 156 Å². The van der Waals surface area contributed by atoms with E-state index in [1.807, 2.05) is 60.7 Å². The van der Waals surface area contributed by atoms with Gasteiger partial charge in [-0.25, -0.2) is 9.97 Å². The highest BCUT2D eigenvalue weighted by Crippen LogP contribution is 2.13. The molecule has 1 amide bonds. The molecule has 0 radical (unpaired) electrons. The molecule has 128 valence electrons. The second-order valence-corrected chi connectivity index (χ2v) is 5.74. The van der Waals surface area contributed by atoms with Gasteiger partial charge in [0.2, 0.25) is 0 Å². The van der Waals surface area contributed by atoms with Gasteiger partial charge < -0.3 is 5.32 Å². The highest BCUT2D eigenvalue weighted by molar-refractivity contribution is 6.03. The van der Waals surface area contributed by atoms with Gasteiger partial charge in [0.15, 0.2) is 0 Å². The maximum atomic E-state index is 12.5. The zero-order chi connectivity index (χ0) is 18.5. The van der Waals surface area contributed by atoms with Gasteiger partial charge in [-0.15, -0.1) is 0 Å². The Morgan fingerprint density at radius 2 is 1.70 bits per heavy atom. The highest BCUT2D eigenvalue weighted by Gasteiger charge is 2.09. The fourth-order valence-corrected chi connectivity index (χ4v) is 2.51. The van der Waals surface area contributed by atoms with Crippen molar-refractivity contribution in [2.45, 2.75) is 0 Å². The molecule has 0 bridgehead atoms. The Morgan fingerprint density at radius 1 is 0.852 bits per heavy atom. The van der Waals surface area contributed by atoms with E-state index in [2.05, 4.69) is 32.1 Å². The number of para-hydroxylation sites is 2. The highest BCUT2D eigenvalue weighted by atomic mass is 16.1. The van der Waals surface area contributed by atoms with Gasteiger partial charge in [-0.1, -0.05) is 30.2 Å². The Morgan fingerprint density at radius 3 is 2.56 bits per heavy atom. The lowest BCUT2D eigenvalue weighted by Gasteiger charge is -2.05. The van der Waals surface area contributed by atoms with Crippen LogP contribution in [-0.4, -0.2) is 20.9 Å². The van der Waals surface area contributed by atoms with E-state index in [-0.39, 0.29) is 11.6 Å². The van der Waals surface area contributed by atoms with Crippen molar-refractivity contribution in [3.05, 3.63) is 96.1 Å². The predicted molar refractivity (Wildman–Crippen MR) is 104 cm³/mol. The van der Waals surface area contributed by atoms with Crippen LogP contribution in [0.3, 0.4) is 0 Å². The van der Waals surface area contributed by atoms with E-state index in [0.29, 0.717) is 16.9 Å². The maximum absolute atomic E-state index is 12.5. The standard InChI is InChI=1S/C22H14N4O/c27-22(21-15-24-19-9-1-2-10-20(19)26-21)25-18-8-5-6-16(14-18)11-12-17-7-3-4-13-23-17/h1-10,13-15H,(H,25,27). The normalized spacial score (nSPS) is 10.1. The molecule has 2 aromatic carbocycles. The number of hydrogen-bond acceptors (Lipinski definition) is 4. The zero-order valence-corrected chi connectivity index (χ0v) is 14.3. The van der Waals surface area contributed by atoms with Crippen molar-refractivity contribution < 1.29 is 4.79 Å². The fourth-order valence-electron chi connectivity index (χ4n) is 2.51. The van der Waals surface area contributed by atoms with Gasteiger partial charge in [0, 0.05) is 17.4 Å². The summed E-state index contributed by atoms with van der Waals surface area (Å²) >= 11 is 0. The summed E-state index contributed by atoms with van der Waals surface area (Å²) in [5.74, 6) is 5.73. The number of anilines is 1. The van der Waals surface area contributed by atoms with Crippen molar-refractivity contribution in [1.82, 2.24) is 15.0 Å². The van der Waals surface area contributed by atoms with Crippen molar-refractivity contribution in [2.24, 2.45) is 0 Å². The monoisotopic (exact) mass is 350 g/mol. The first-order valence-corrected chi connectivity index (χ1v) is 8.34. The van der Waals surface area contributed by atoms with Crippen molar-refractivity contribution in [2.75, 3.05) is 5.32 Å². The number of nitrogens with one attached hydrogen (secondary N) is 1. The number of aromatic nitrogens is 3. The lowest BCUT2D eigenvalue weighted by molar-refractivity contribution is 0.102. The fraction of sp³-hybridized carbons (Fsp3) is 0. The lowest BCUT2D eigenvalue weighted by Crippen LogP contribution is -2.14. The summed E-state index contributed by atoms with van der Waals surface area (Å²) < 4.78 is 0. The van der Waals surface area contributed by atoms with E-state index < -0.39 is 0 Å². The van der Waals surface area contributed by atoms with Crippen LogP contribution in [-0.2, 0) is 0 Å². The van der Waals surface area contributed by atoms with Gasteiger partial charge in [0.1, 0.15) is 11.4 Å². The van der Waals surface area contributed by atoms with Crippen LogP contribution in [0.2, 0.25) is 0 Å². The van der Waals surface area contributed by atoms with Gasteiger partial charge >= 0.3 is 0 Å². The van der Waals surface area contributed by atoms with Crippen LogP contribution >= 0.6 is 0 Å². The molecule has 0 saturated heterocycles. The van der Waals surface area contributed by atoms with Crippen LogP contribution < -0.4 is 5.32 Å². The minimum atomic E-state index is -0.317. The average molecular weight is 350 g/mol. The third-order valence-electron chi connectivity index (χ3n) is 3.80. The number of carbonyl (C=O) groups is 1. The summed E-state index contributed by atoms with van der Waals surface area (Å²) in [6.07, 6.45) is 3.17. The molecule has 27 heavy (non-hydrogen) atoms. The Kier molecular flexibility index (Phi) is 4.54. The minimum Gasteiger partial charge on any atom is -0.321 e. The predicted octanol–water partition coefficient (Wildman–Crippen LogP) is 3.68. The van der Waals surface area contributed by atoms with E-state index in [1.54, 1.807) is 12.3 Å². The number of carbonyl (C=O) groups excluding carboxylic acids is 1. The summed E-state index contributed by atoms with van der Waals surface area (Å²) in [4.78, 5) is 25.3. The molecule has 4 aromatic rings. The Hall–Kier alpha value is -4.04. The summed E-state index contributed by atoms with van der Waals surface area (Å²) in [5, 5.41) is 2.84. The van der Waals surface area contributed by atoms with Gasteiger partial charge in [0.05, 0.1) is 17.2 Å². The molecule has 5 nitrogen and oxygen atoms in total. The van der Waals surface area contributed by atoms with Gasteiger partial charge in [-0.2, -0.15) is 0 Å². The van der Waals surface area contributed by atoms with Crippen LogP contribution in [0.25, 0.3) is 11.0 Å². The molecule has 2 aromatic heterocycles. The second-order valence-electron chi connectivity index (χ2n) is 5.74. The Bertz CT molecular complexity index is 1180. The molecule has 0 spiro atoms. The lowest BCUT2D eigenvalue weighted by atomic mass is 10.2. The number of pyridine rings is 1. The number of benzene rings is 2. The largest absolute Gasteiger partial charge is 0.321 e. The molecule has 2 heterocycles. The summed E-state index contributed by atoms with van der Waals surface area (Å²) in [5.41, 5.74) is 3.81. The van der Waals surface area contributed by atoms with Gasteiger partial charge in [0.25, 0.3) is 5.91 Å². The first kappa shape index (κ1) is 16.4. The van der Waals surface area contributed by atoms with Gasteiger partial charge in [-0.05, 0) is 48.4 Å². The molecular formula is C22H14N4O. The molecule has 0 fully saturated rings. The summed E-state index contributed by atoms with van der Waals surface area (Å²) in [7, 11) is 0. The number of rotatable bonds is 2. The number of hydrogen-bond donors (Lipinski definition) is 1. The smallest absolute Gasteiger partial charge is 0.275 e. The number of fused-ring (bicyclic) bond motifs is 1. The van der Waals surface area contributed by atoms with Crippen LogP contribution in [0.15, 0.2) is 79.1 Å². The molecule has 5 heteroatoms. The topological polar surface area (TPSA) is 67.8 Å². The van der Waals surface area contributed by atoms with Crippen LogP contribution in [0, 0.1) is 11.8 Å². The van der Waals surface area contributed by atoms with E-state index in [0.717, 1.165) is 11.1 Å². The third-order valence-corrected chi connectivity index (χ3v) is 3.80. The first-order chi connectivity index (χ1) is 13.3. The molecule has 1 N–H and O–H groups in total. The van der Waals surface area contributed by atoms with Crippen molar-refractivity contribution in [1.29, 1.82) is 0 Å². The van der Waals surface area contributed by atoms with Crippen LogP contribution in [0.1, 0.15) is 21.7 Å². The van der Waals surface area contributed by atoms with Crippen LogP contribution in [0.4, 0.5) is 5.69 Å². The number of nitrogens with zero attached hydrogens (tertiary/aromatic N) is 3. The molecule has 0 aliphatic heterocycles. The van der Waals surface area contributed by atoms with Crippen molar-refractivity contribution in [3.63, 3.8) is 0 Å². The van der Waals surface area contributed by atoms with E-state index in [9.17, 15) is 4.79 Å². The van der Waals surface area contributed by atoms with E-state index >= 15 is 0 Å². The van der Waals surface area contributed by atoms with Crippen molar-refractivity contribution >= 4 is 22.6 Å². The molecule has 0 saturated carbocycles. The minimum absolute atomic E-state index is 0.263. The number of amides is 1. The molecular weight excluding hydrogens is 336 g/mol. The summed E-state index contributed by atoms with van der Waals surface area (Å²) in [6.45, 7) is 0.